The van der Waals surface area contributed by atoms with Crippen molar-refractivity contribution in [2.45, 2.75) is 32.9 Å². The number of piperazine rings is 1. The Morgan fingerprint density at radius 2 is 1.84 bits per heavy atom. The summed E-state index contributed by atoms with van der Waals surface area (Å²) in [5.74, 6) is -0.229. The summed E-state index contributed by atoms with van der Waals surface area (Å²) in [6.45, 7) is 8.04. The van der Waals surface area contributed by atoms with Crippen molar-refractivity contribution in [3.8, 4) is 0 Å². The molecule has 1 aliphatic heterocycles. The highest BCUT2D eigenvalue weighted by Gasteiger charge is 2.24. The number of carbonyl (C=O) groups excluding carboxylic acids is 1. The van der Waals surface area contributed by atoms with Gasteiger partial charge in [0, 0.05) is 50.0 Å². The summed E-state index contributed by atoms with van der Waals surface area (Å²) in [5, 5.41) is 6.55. The van der Waals surface area contributed by atoms with Crippen LogP contribution in [0.1, 0.15) is 29.9 Å². The molecule has 0 radical (unpaired) electrons. The summed E-state index contributed by atoms with van der Waals surface area (Å²) in [6.07, 6.45) is 7.07. The number of benzene rings is 1. The molecule has 1 fully saturated rings. The van der Waals surface area contributed by atoms with Crippen LogP contribution in [0.2, 0.25) is 0 Å². The van der Waals surface area contributed by atoms with Crippen LogP contribution in [-0.2, 0) is 0 Å². The monoisotopic (exact) mass is 493 g/mol. The lowest BCUT2D eigenvalue weighted by atomic mass is 10.1. The van der Waals surface area contributed by atoms with Crippen molar-refractivity contribution in [2.24, 2.45) is 0 Å². The van der Waals surface area contributed by atoms with E-state index in [0.717, 1.165) is 40.1 Å². The molecule has 8 nitrogen and oxygen atoms in total. The molecule has 0 unspecified atom stereocenters. The number of aryl methyl sites for hydroxylation is 1. The number of nitrogens with zero attached hydrogens (tertiary/aromatic N) is 5. The lowest BCUT2D eigenvalue weighted by molar-refractivity contribution is 0.102. The molecular weight excluding hydrogens is 470 g/mol. The number of imidazole rings is 1. The molecule has 9 heteroatoms. The molecule has 4 heterocycles. The minimum absolute atomic E-state index is 0.229. The molecule has 1 aliphatic rings. The Morgan fingerprint density at radius 1 is 1.12 bits per heavy atom. The van der Waals surface area contributed by atoms with Crippen LogP contribution in [0.5, 0.6) is 0 Å². The van der Waals surface area contributed by atoms with E-state index < -0.39 is 0 Å². The summed E-state index contributed by atoms with van der Waals surface area (Å²) in [6, 6.07) is 6.41. The zero-order valence-electron chi connectivity index (χ0n) is 18.1. The topological polar surface area (TPSA) is 87.5 Å². The lowest BCUT2D eigenvalue weighted by Crippen LogP contribution is -2.54. The van der Waals surface area contributed by atoms with Gasteiger partial charge in [-0.05, 0) is 54.9 Å². The zero-order chi connectivity index (χ0) is 22.4. The second kappa shape index (κ2) is 8.14. The zero-order valence-corrected chi connectivity index (χ0v) is 19.7. The molecule has 1 amide bonds. The van der Waals surface area contributed by atoms with Gasteiger partial charge >= 0.3 is 0 Å². The van der Waals surface area contributed by atoms with Gasteiger partial charge in [0.05, 0.1) is 27.1 Å². The number of pyridine rings is 1. The largest absolute Gasteiger partial charge is 0.367 e. The van der Waals surface area contributed by atoms with Crippen molar-refractivity contribution in [3.05, 3.63) is 58.7 Å². The minimum atomic E-state index is -0.229. The molecule has 2 N–H and O–H groups in total. The van der Waals surface area contributed by atoms with Crippen LogP contribution in [0, 0.1) is 6.92 Å². The third-order valence-electron chi connectivity index (χ3n) is 5.63. The van der Waals surface area contributed by atoms with Crippen molar-refractivity contribution in [3.63, 3.8) is 0 Å². The second-order valence-corrected chi connectivity index (χ2v) is 9.26. The molecule has 5 rings (SSSR count). The summed E-state index contributed by atoms with van der Waals surface area (Å²) >= 11 is 3.54. The van der Waals surface area contributed by atoms with Gasteiger partial charge in [-0.15, -0.1) is 0 Å². The SMILES string of the molecule is Cc1cn2cc(NC(=O)c3ccc(N4C[C@@H](C)N[C@@H](C)C4)c4nccnc34)cc(Br)c2n1. The highest BCUT2D eigenvalue weighted by Crippen LogP contribution is 2.29. The summed E-state index contributed by atoms with van der Waals surface area (Å²) < 4.78 is 2.70. The normalized spacial score (nSPS) is 18.9. The molecule has 0 aliphatic carbocycles. The van der Waals surface area contributed by atoms with Gasteiger partial charge in [-0.2, -0.15) is 0 Å². The van der Waals surface area contributed by atoms with Crippen molar-refractivity contribution < 1.29 is 4.79 Å². The predicted molar refractivity (Wildman–Crippen MR) is 129 cm³/mol. The van der Waals surface area contributed by atoms with Gasteiger partial charge in [-0.3, -0.25) is 14.8 Å². The first-order valence-corrected chi connectivity index (χ1v) is 11.4. The quantitative estimate of drug-likeness (QED) is 0.451. The van der Waals surface area contributed by atoms with E-state index in [9.17, 15) is 4.79 Å². The van der Waals surface area contributed by atoms with E-state index in [2.05, 4.69) is 60.3 Å². The maximum absolute atomic E-state index is 13.2. The number of hydrogen-bond donors (Lipinski definition) is 2. The molecule has 0 spiro atoms. The summed E-state index contributed by atoms with van der Waals surface area (Å²) in [4.78, 5) is 29.1. The third-order valence-corrected chi connectivity index (χ3v) is 6.21. The first-order valence-electron chi connectivity index (χ1n) is 10.6. The first-order chi connectivity index (χ1) is 15.4. The number of amides is 1. The molecule has 32 heavy (non-hydrogen) atoms. The van der Waals surface area contributed by atoms with Crippen molar-refractivity contribution in [1.29, 1.82) is 0 Å². The molecule has 0 saturated carbocycles. The van der Waals surface area contributed by atoms with Crippen molar-refractivity contribution >= 4 is 49.9 Å². The van der Waals surface area contributed by atoms with E-state index in [4.69, 9.17) is 0 Å². The Hall–Kier alpha value is -3.04. The van der Waals surface area contributed by atoms with Crippen LogP contribution in [0.25, 0.3) is 16.7 Å². The number of aromatic nitrogens is 4. The third kappa shape index (κ3) is 3.82. The molecule has 1 aromatic carbocycles. The number of halogens is 1. The Bertz CT molecular complexity index is 1320. The summed E-state index contributed by atoms with van der Waals surface area (Å²) in [5.41, 5.74) is 5.21. The molecule has 4 aromatic rings. The number of nitrogens with one attached hydrogen (secondary N) is 2. The predicted octanol–water partition coefficient (Wildman–Crippen LogP) is 3.79. The molecule has 2 atom stereocenters. The van der Waals surface area contributed by atoms with Crippen LogP contribution in [0.15, 0.2) is 47.5 Å². The first kappa shape index (κ1) is 20.8. The van der Waals surface area contributed by atoms with E-state index in [1.54, 1.807) is 12.4 Å². The Kier molecular flexibility index (Phi) is 5.30. The average molecular weight is 494 g/mol. The van der Waals surface area contributed by atoms with E-state index in [0.29, 0.717) is 28.9 Å². The van der Waals surface area contributed by atoms with Crippen molar-refractivity contribution in [2.75, 3.05) is 23.3 Å². The Morgan fingerprint density at radius 3 is 2.59 bits per heavy atom. The fourth-order valence-corrected chi connectivity index (χ4v) is 4.99. The number of hydrogen-bond acceptors (Lipinski definition) is 6. The second-order valence-electron chi connectivity index (χ2n) is 8.40. The van der Waals surface area contributed by atoms with Crippen molar-refractivity contribution in [1.82, 2.24) is 24.7 Å². The smallest absolute Gasteiger partial charge is 0.257 e. The van der Waals surface area contributed by atoms with Gasteiger partial charge in [0.1, 0.15) is 11.0 Å². The van der Waals surface area contributed by atoms with Crippen LogP contribution in [0.4, 0.5) is 11.4 Å². The van der Waals surface area contributed by atoms with Gasteiger partial charge in [0.2, 0.25) is 0 Å². The highest BCUT2D eigenvalue weighted by molar-refractivity contribution is 9.10. The molecule has 164 valence electrons. The van der Waals surface area contributed by atoms with E-state index in [-0.39, 0.29) is 5.91 Å². The maximum Gasteiger partial charge on any atom is 0.257 e. The fourth-order valence-electron chi connectivity index (χ4n) is 4.45. The van der Waals surface area contributed by atoms with E-state index >= 15 is 0 Å². The van der Waals surface area contributed by atoms with Crippen LogP contribution < -0.4 is 15.5 Å². The standard InChI is InChI=1S/C23H24BrN7O/c1-13-9-30(10-14(2)27-13)19-5-4-17(20-21(19)26-7-6-25-20)23(32)29-16-8-18(24)22-28-15(3)11-31(22)12-16/h4-8,11-14,27H,9-10H2,1-3H3,(H,29,32)/t13-,14+. The van der Waals surface area contributed by atoms with Gasteiger partial charge in [-0.25, -0.2) is 4.98 Å². The average Bonchev–Trinajstić information content (AvgIpc) is 3.13. The molecular formula is C23H24BrN7O. The van der Waals surface area contributed by atoms with E-state index in [1.165, 1.54) is 0 Å². The molecule has 1 saturated heterocycles. The van der Waals surface area contributed by atoms with E-state index in [1.807, 2.05) is 41.9 Å². The fraction of sp³-hybridized carbons (Fsp3) is 0.304. The Balaban J connectivity index is 1.50. The number of rotatable bonds is 3. The van der Waals surface area contributed by atoms with Gasteiger partial charge in [0.25, 0.3) is 5.91 Å². The summed E-state index contributed by atoms with van der Waals surface area (Å²) in [7, 11) is 0. The van der Waals surface area contributed by atoms with Gasteiger partial charge in [-0.1, -0.05) is 0 Å². The maximum atomic E-state index is 13.2. The van der Waals surface area contributed by atoms with Gasteiger partial charge < -0.3 is 19.9 Å². The van der Waals surface area contributed by atoms with Crippen LogP contribution in [-0.4, -0.2) is 50.4 Å². The van der Waals surface area contributed by atoms with Gasteiger partial charge in [0.15, 0.2) is 5.65 Å². The highest BCUT2D eigenvalue weighted by atomic mass is 79.9. The Labute approximate surface area is 194 Å². The molecule has 0 bridgehead atoms. The van der Waals surface area contributed by atoms with Crippen LogP contribution in [0.3, 0.4) is 0 Å². The number of carbonyl (C=O) groups is 1. The van der Waals surface area contributed by atoms with Crippen LogP contribution >= 0.6 is 15.9 Å². The lowest BCUT2D eigenvalue weighted by Gasteiger charge is -2.38. The molecule has 3 aromatic heterocycles. The number of fused-ring (bicyclic) bond motifs is 2. The number of anilines is 2. The minimum Gasteiger partial charge on any atom is -0.367 e.